The molecule has 2 aromatic heterocycles. The third-order valence-electron chi connectivity index (χ3n) is 5.55. The number of nitrogens with one attached hydrogen (secondary N) is 2. The summed E-state index contributed by atoms with van der Waals surface area (Å²) in [4.78, 5) is 19.3. The van der Waals surface area contributed by atoms with Gasteiger partial charge in [-0.3, -0.25) is 4.79 Å². The predicted octanol–water partition coefficient (Wildman–Crippen LogP) is 5.25. The van der Waals surface area contributed by atoms with Gasteiger partial charge in [-0.2, -0.15) is 4.98 Å². The fourth-order valence-corrected chi connectivity index (χ4v) is 4.69. The van der Waals surface area contributed by atoms with E-state index in [9.17, 15) is 4.79 Å². The summed E-state index contributed by atoms with van der Waals surface area (Å²) >= 11 is 1.58. The van der Waals surface area contributed by atoms with Crippen molar-refractivity contribution in [3.63, 3.8) is 0 Å². The maximum Gasteiger partial charge on any atom is 0.255 e. The second-order valence-electron chi connectivity index (χ2n) is 7.82. The Hall–Kier alpha value is -3.91. The first-order valence-electron chi connectivity index (χ1n) is 10.5. The van der Waals surface area contributed by atoms with Gasteiger partial charge in [-0.15, -0.1) is 16.4 Å². The molecule has 0 saturated heterocycles. The Kier molecular flexibility index (Phi) is 5.43. The Balaban J connectivity index is 1.61. The SMILES string of the molecule is COc1ccccc1NC(=O)C1=C(C)Nc2nc(-c3cccs3)nn2[C@H]1c1cccc(C)c1. The summed E-state index contributed by atoms with van der Waals surface area (Å²) in [6.07, 6.45) is 0. The molecule has 0 fully saturated rings. The summed E-state index contributed by atoms with van der Waals surface area (Å²) in [7, 11) is 1.58. The highest BCUT2D eigenvalue weighted by molar-refractivity contribution is 7.13. The van der Waals surface area contributed by atoms with Crippen LogP contribution in [0, 0.1) is 6.92 Å². The second kappa shape index (κ2) is 8.55. The lowest BCUT2D eigenvalue weighted by molar-refractivity contribution is -0.113. The van der Waals surface area contributed by atoms with Gasteiger partial charge in [-0.05, 0) is 43.0 Å². The third kappa shape index (κ3) is 3.89. The molecule has 0 saturated carbocycles. The minimum absolute atomic E-state index is 0.227. The monoisotopic (exact) mass is 457 g/mol. The number of methoxy groups -OCH3 is 1. The highest BCUT2D eigenvalue weighted by atomic mass is 32.1. The predicted molar refractivity (Wildman–Crippen MR) is 131 cm³/mol. The average molecular weight is 458 g/mol. The highest BCUT2D eigenvalue weighted by Gasteiger charge is 2.34. The number of amides is 1. The van der Waals surface area contributed by atoms with Crippen LogP contribution < -0.4 is 15.4 Å². The molecule has 33 heavy (non-hydrogen) atoms. The van der Waals surface area contributed by atoms with Gasteiger partial charge in [-0.1, -0.05) is 48.0 Å². The van der Waals surface area contributed by atoms with Crippen molar-refractivity contribution < 1.29 is 9.53 Å². The van der Waals surface area contributed by atoms with Crippen LogP contribution >= 0.6 is 11.3 Å². The van der Waals surface area contributed by atoms with Crippen molar-refractivity contribution in [2.45, 2.75) is 19.9 Å². The van der Waals surface area contributed by atoms with Crippen LogP contribution in [0.4, 0.5) is 11.6 Å². The van der Waals surface area contributed by atoms with E-state index in [1.165, 1.54) is 0 Å². The third-order valence-corrected chi connectivity index (χ3v) is 6.42. The molecule has 0 unspecified atom stereocenters. The van der Waals surface area contributed by atoms with Gasteiger partial charge in [0, 0.05) is 5.70 Å². The van der Waals surface area contributed by atoms with Gasteiger partial charge in [0.2, 0.25) is 5.95 Å². The molecule has 1 aliphatic rings. The van der Waals surface area contributed by atoms with Crippen molar-refractivity contribution in [2.24, 2.45) is 0 Å². The van der Waals surface area contributed by atoms with E-state index < -0.39 is 6.04 Å². The minimum Gasteiger partial charge on any atom is -0.495 e. The molecule has 7 nitrogen and oxygen atoms in total. The molecule has 8 heteroatoms. The summed E-state index contributed by atoms with van der Waals surface area (Å²) in [5.41, 5.74) is 3.98. The number of aromatic nitrogens is 3. The number of rotatable bonds is 5. The molecule has 1 amide bonds. The smallest absolute Gasteiger partial charge is 0.255 e. The molecule has 2 N–H and O–H groups in total. The maximum absolute atomic E-state index is 13.6. The number of anilines is 2. The number of carbonyl (C=O) groups is 1. The van der Waals surface area contributed by atoms with Crippen molar-refractivity contribution in [1.29, 1.82) is 0 Å². The molecule has 5 rings (SSSR count). The highest BCUT2D eigenvalue weighted by Crippen LogP contribution is 2.38. The first kappa shape index (κ1) is 21.0. The summed E-state index contributed by atoms with van der Waals surface area (Å²) in [6.45, 7) is 3.93. The molecule has 4 aromatic rings. The van der Waals surface area contributed by atoms with E-state index in [-0.39, 0.29) is 5.91 Å². The summed E-state index contributed by atoms with van der Waals surface area (Å²) in [5.74, 6) is 1.61. The summed E-state index contributed by atoms with van der Waals surface area (Å²) < 4.78 is 7.22. The van der Waals surface area contributed by atoms with Crippen LogP contribution in [0.2, 0.25) is 0 Å². The quantitative estimate of drug-likeness (QED) is 0.428. The molecule has 2 aromatic carbocycles. The van der Waals surface area contributed by atoms with E-state index in [0.29, 0.717) is 28.8 Å². The van der Waals surface area contributed by atoms with Gasteiger partial charge < -0.3 is 15.4 Å². The first-order chi connectivity index (χ1) is 16.0. The number of hydrogen-bond donors (Lipinski definition) is 2. The topological polar surface area (TPSA) is 81.1 Å². The average Bonchev–Trinajstić information content (AvgIpc) is 3.48. The van der Waals surface area contributed by atoms with E-state index in [1.807, 2.05) is 73.8 Å². The molecule has 0 aliphatic carbocycles. The number of para-hydroxylation sites is 2. The van der Waals surface area contributed by atoms with E-state index >= 15 is 0 Å². The Morgan fingerprint density at radius 1 is 1.12 bits per heavy atom. The fourth-order valence-electron chi connectivity index (χ4n) is 4.04. The number of carbonyl (C=O) groups excluding carboxylic acids is 1. The van der Waals surface area contributed by atoms with Crippen LogP contribution in [0.15, 0.2) is 77.3 Å². The lowest BCUT2D eigenvalue weighted by Crippen LogP contribution is -2.31. The molecular weight excluding hydrogens is 434 g/mol. The Morgan fingerprint density at radius 3 is 2.73 bits per heavy atom. The van der Waals surface area contributed by atoms with Crippen LogP contribution in [-0.4, -0.2) is 27.8 Å². The number of benzene rings is 2. The second-order valence-corrected chi connectivity index (χ2v) is 8.76. The zero-order valence-electron chi connectivity index (χ0n) is 18.5. The van der Waals surface area contributed by atoms with Crippen LogP contribution in [0.25, 0.3) is 10.7 Å². The van der Waals surface area contributed by atoms with Gasteiger partial charge in [0.1, 0.15) is 11.8 Å². The number of thiophene rings is 1. The molecule has 0 spiro atoms. The Bertz CT molecular complexity index is 1360. The van der Waals surface area contributed by atoms with Crippen LogP contribution in [0.1, 0.15) is 24.1 Å². The molecule has 0 radical (unpaired) electrons. The number of hydrogen-bond acceptors (Lipinski definition) is 6. The molecule has 0 bridgehead atoms. The van der Waals surface area contributed by atoms with Gasteiger partial charge in [0.15, 0.2) is 5.82 Å². The van der Waals surface area contributed by atoms with Crippen LogP contribution in [0.5, 0.6) is 5.75 Å². The molecular formula is C25H23N5O2S. The Labute approximate surface area is 195 Å². The van der Waals surface area contributed by atoms with Crippen molar-refractivity contribution in [3.05, 3.63) is 88.4 Å². The van der Waals surface area contributed by atoms with Crippen molar-refractivity contribution in [1.82, 2.24) is 14.8 Å². The van der Waals surface area contributed by atoms with Gasteiger partial charge in [0.05, 0.1) is 23.2 Å². The fraction of sp³-hybridized carbons (Fsp3) is 0.160. The molecule has 1 aliphatic heterocycles. The summed E-state index contributed by atoms with van der Waals surface area (Å²) in [5, 5.41) is 13.1. The lowest BCUT2D eigenvalue weighted by atomic mass is 9.94. The van der Waals surface area contributed by atoms with E-state index in [0.717, 1.165) is 21.7 Å². The van der Waals surface area contributed by atoms with Crippen molar-refractivity contribution >= 4 is 28.9 Å². The standard InChI is InChI=1S/C25H23N5O2S/c1-15-8-6-9-17(14-15)22-21(24(31)27-18-10-4-5-11-19(18)32-3)16(2)26-25-28-23(29-30(22)25)20-12-7-13-33-20/h4-14,22H,1-3H3,(H,27,31)(H,26,28,29)/t22-/m0/s1. The van der Waals surface area contributed by atoms with E-state index in [2.05, 4.69) is 16.7 Å². The normalized spacial score (nSPS) is 15.1. The maximum atomic E-state index is 13.6. The summed E-state index contributed by atoms with van der Waals surface area (Å²) in [6, 6.07) is 19.0. The van der Waals surface area contributed by atoms with Gasteiger partial charge in [-0.25, -0.2) is 4.68 Å². The number of nitrogens with zero attached hydrogens (tertiary/aromatic N) is 3. The van der Waals surface area contributed by atoms with E-state index in [1.54, 1.807) is 23.1 Å². The van der Waals surface area contributed by atoms with Crippen LogP contribution in [-0.2, 0) is 4.79 Å². The molecule has 3 heterocycles. The number of aryl methyl sites for hydroxylation is 1. The van der Waals surface area contributed by atoms with Crippen molar-refractivity contribution in [3.8, 4) is 16.5 Å². The number of ether oxygens (including phenoxy) is 1. The van der Waals surface area contributed by atoms with Gasteiger partial charge >= 0.3 is 0 Å². The zero-order chi connectivity index (χ0) is 22.9. The number of allylic oxidation sites excluding steroid dienone is 1. The largest absolute Gasteiger partial charge is 0.495 e. The lowest BCUT2D eigenvalue weighted by Gasteiger charge is -2.29. The molecule has 166 valence electrons. The zero-order valence-corrected chi connectivity index (χ0v) is 19.3. The first-order valence-corrected chi connectivity index (χ1v) is 11.4. The van der Waals surface area contributed by atoms with Crippen molar-refractivity contribution in [2.75, 3.05) is 17.7 Å². The Morgan fingerprint density at radius 2 is 1.97 bits per heavy atom. The van der Waals surface area contributed by atoms with Crippen LogP contribution in [0.3, 0.4) is 0 Å². The number of fused-ring (bicyclic) bond motifs is 1. The van der Waals surface area contributed by atoms with Gasteiger partial charge in [0.25, 0.3) is 5.91 Å². The van der Waals surface area contributed by atoms with E-state index in [4.69, 9.17) is 14.8 Å². The molecule has 1 atom stereocenters. The minimum atomic E-state index is -0.433.